The van der Waals surface area contributed by atoms with Crippen molar-refractivity contribution in [3.63, 3.8) is 0 Å². The van der Waals surface area contributed by atoms with E-state index in [0.29, 0.717) is 19.0 Å². The number of carbonyl (C=O) groups excluding carboxylic acids is 2. The third kappa shape index (κ3) is 7.35. The van der Waals surface area contributed by atoms with Crippen LogP contribution in [0.25, 0.3) is 0 Å². The summed E-state index contributed by atoms with van der Waals surface area (Å²) in [4.78, 5) is 31.1. The Morgan fingerprint density at radius 3 is 2.55 bits per heavy atom. The standard InChI is InChI=1S/C24H37N5O2/c1-3-26-23(20-9-10-20)24(31)29(2)17-21(19-7-4-8-19)28-16-22(30)27-13-5-6-18-11-14-25-15-12-18/h11-12,14-15,20,23,26,28H,3-10,13,16-17H2,1-2H3,(H,27,30). The van der Waals surface area contributed by atoms with E-state index in [0.717, 1.165) is 50.8 Å². The van der Waals surface area contributed by atoms with Crippen LogP contribution in [0.5, 0.6) is 0 Å². The summed E-state index contributed by atoms with van der Waals surface area (Å²) in [6, 6.07) is 3.93. The topological polar surface area (TPSA) is 86.4 Å². The van der Waals surface area contributed by atoms with E-state index in [1.165, 1.54) is 17.6 Å². The van der Waals surface area contributed by atoms with Gasteiger partial charge in [-0.1, -0.05) is 6.92 Å². The average Bonchev–Trinajstić information content (AvgIpc) is 3.57. The Morgan fingerprint density at radius 1 is 1.19 bits per heavy atom. The summed E-state index contributed by atoms with van der Waals surface area (Å²) < 4.78 is 0. The molecule has 0 saturated heterocycles. The van der Waals surface area contributed by atoms with E-state index in [2.05, 4.69) is 20.9 Å². The monoisotopic (exact) mass is 427 g/mol. The molecule has 2 aliphatic carbocycles. The average molecular weight is 428 g/mol. The Bertz CT molecular complexity index is 754. The fourth-order valence-corrected chi connectivity index (χ4v) is 3.92. The molecule has 7 nitrogen and oxygen atoms in total. The molecule has 2 aliphatic rings. The third-order valence-electron chi connectivity index (χ3n) is 6.11. The Morgan fingerprint density at radius 2 is 1.94 bits per heavy atom. The van der Waals surface area contributed by atoms with Gasteiger partial charge in [-0.15, -0.1) is 0 Å². The zero-order valence-electron chi connectivity index (χ0n) is 19.0. The Labute approximate surface area is 186 Å². The lowest BCUT2D eigenvalue weighted by Crippen LogP contribution is -2.48. The highest BCUT2D eigenvalue weighted by molar-refractivity contribution is 5.82. The van der Waals surface area contributed by atoms with Crippen LogP contribution in [0.2, 0.25) is 0 Å². The van der Waals surface area contributed by atoms with Crippen molar-refractivity contribution >= 4 is 11.8 Å². The van der Waals surface area contributed by atoms with Crippen molar-refractivity contribution in [1.29, 1.82) is 0 Å². The molecule has 3 rings (SSSR count). The minimum atomic E-state index is -0.0775. The number of rotatable bonds is 13. The molecule has 1 heterocycles. The smallest absolute Gasteiger partial charge is 0.240 e. The lowest BCUT2D eigenvalue weighted by Gasteiger charge is -2.29. The second-order valence-corrected chi connectivity index (χ2v) is 8.67. The number of nitrogens with zero attached hydrogens (tertiary/aromatic N) is 2. The number of aromatic nitrogens is 1. The quantitative estimate of drug-likeness (QED) is 0.419. The van der Waals surface area contributed by atoms with Gasteiger partial charge in [0.05, 0.1) is 19.1 Å². The minimum absolute atomic E-state index is 0.00959. The highest BCUT2D eigenvalue weighted by Crippen LogP contribution is 2.33. The first-order valence-corrected chi connectivity index (χ1v) is 11.7. The number of nitrogens with one attached hydrogen (secondary N) is 3. The third-order valence-corrected chi connectivity index (χ3v) is 6.11. The number of aryl methyl sites for hydroxylation is 1. The number of hydrogen-bond acceptors (Lipinski definition) is 5. The first kappa shape index (κ1) is 23.3. The SMILES string of the molecule is CCNC(C(=O)N(C)CC(NCC(=O)NCCCc1ccncc1)=C1CCC1)C1CC1. The number of amides is 2. The Kier molecular flexibility index (Phi) is 8.88. The summed E-state index contributed by atoms with van der Waals surface area (Å²) >= 11 is 0. The maximum atomic E-state index is 12.9. The second-order valence-electron chi connectivity index (χ2n) is 8.67. The van der Waals surface area contributed by atoms with Crippen molar-refractivity contribution in [2.45, 2.75) is 57.9 Å². The van der Waals surface area contributed by atoms with Crippen LogP contribution in [0.4, 0.5) is 0 Å². The van der Waals surface area contributed by atoms with Crippen LogP contribution in [0.3, 0.4) is 0 Å². The van der Waals surface area contributed by atoms with E-state index in [4.69, 9.17) is 0 Å². The fourth-order valence-electron chi connectivity index (χ4n) is 3.92. The van der Waals surface area contributed by atoms with Crippen molar-refractivity contribution in [2.24, 2.45) is 5.92 Å². The molecule has 3 N–H and O–H groups in total. The van der Waals surface area contributed by atoms with Gasteiger partial charge in [-0.05, 0) is 80.7 Å². The number of hydrogen-bond donors (Lipinski definition) is 3. The molecule has 170 valence electrons. The van der Waals surface area contributed by atoms with Gasteiger partial charge in [-0.3, -0.25) is 14.6 Å². The second kappa shape index (κ2) is 11.8. The number of likely N-dealkylation sites (N-methyl/N-ethyl adjacent to an activating group) is 2. The van der Waals surface area contributed by atoms with Crippen molar-refractivity contribution in [1.82, 2.24) is 25.8 Å². The summed E-state index contributed by atoms with van der Waals surface area (Å²) in [6.45, 7) is 4.28. The van der Waals surface area contributed by atoms with Gasteiger partial charge in [-0.2, -0.15) is 0 Å². The molecule has 0 bridgehead atoms. The largest absolute Gasteiger partial charge is 0.378 e. The molecular weight excluding hydrogens is 390 g/mol. The number of allylic oxidation sites excluding steroid dienone is 1. The maximum Gasteiger partial charge on any atom is 0.240 e. The first-order chi connectivity index (χ1) is 15.1. The van der Waals surface area contributed by atoms with Gasteiger partial charge in [0.25, 0.3) is 0 Å². The summed E-state index contributed by atoms with van der Waals surface area (Å²) in [5.74, 6) is 0.620. The maximum absolute atomic E-state index is 12.9. The van der Waals surface area contributed by atoms with Crippen LogP contribution >= 0.6 is 0 Å². The molecular formula is C24H37N5O2. The first-order valence-electron chi connectivity index (χ1n) is 11.7. The van der Waals surface area contributed by atoms with Crippen LogP contribution in [0, 0.1) is 5.92 Å². The molecule has 1 atom stereocenters. The van der Waals surface area contributed by atoms with E-state index in [9.17, 15) is 9.59 Å². The van der Waals surface area contributed by atoms with Gasteiger partial charge in [0.1, 0.15) is 0 Å². The fraction of sp³-hybridized carbons (Fsp3) is 0.625. The highest BCUT2D eigenvalue weighted by Gasteiger charge is 2.37. The van der Waals surface area contributed by atoms with E-state index >= 15 is 0 Å². The zero-order valence-corrected chi connectivity index (χ0v) is 19.0. The summed E-state index contributed by atoms with van der Waals surface area (Å²) in [6.07, 6.45) is 11.0. The molecule has 0 radical (unpaired) electrons. The highest BCUT2D eigenvalue weighted by atomic mass is 16.2. The van der Waals surface area contributed by atoms with Crippen LogP contribution in [0.15, 0.2) is 35.8 Å². The van der Waals surface area contributed by atoms with Crippen LogP contribution in [0.1, 0.15) is 51.0 Å². The predicted molar refractivity (Wildman–Crippen MR) is 122 cm³/mol. The lowest BCUT2D eigenvalue weighted by atomic mass is 9.90. The minimum Gasteiger partial charge on any atom is -0.378 e. The Balaban J connectivity index is 1.42. The summed E-state index contributed by atoms with van der Waals surface area (Å²) in [7, 11) is 1.87. The molecule has 1 unspecified atom stereocenters. The van der Waals surface area contributed by atoms with E-state index < -0.39 is 0 Å². The van der Waals surface area contributed by atoms with Crippen molar-refractivity contribution in [2.75, 3.05) is 33.2 Å². The van der Waals surface area contributed by atoms with Gasteiger partial charge in [0.15, 0.2) is 0 Å². The van der Waals surface area contributed by atoms with Crippen LogP contribution < -0.4 is 16.0 Å². The molecule has 2 saturated carbocycles. The van der Waals surface area contributed by atoms with Crippen molar-refractivity contribution < 1.29 is 9.59 Å². The van der Waals surface area contributed by atoms with Gasteiger partial charge in [-0.25, -0.2) is 0 Å². The molecule has 0 spiro atoms. The van der Waals surface area contributed by atoms with Gasteiger partial charge < -0.3 is 20.9 Å². The van der Waals surface area contributed by atoms with E-state index in [1.54, 1.807) is 12.4 Å². The summed E-state index contributed by atoms with van der Waals surface area (Å²) in [5.41, 5.74) is 3.62. The lowest BCUT2D eigenvalue weighted by molar-refractivity contribution is -0.132. The van der Waals surface area contributed by atoms with E-state index in [-0.39, 0.29) is 24.4 Å². The molecule has 31 heavy (non-hydrogen) atoms. The van der Waals surface area contributed by atoms with E-state index in [1.807, 2.05) is 31.0 Å². The van der Waals surface area contributed by atoms with Gasteiger partial charge in [0, 0.05) is 31.7 Å². The molecule has 0 aromatic carbocycles. The molecule has 2 fully saturated rings. The molecule has 7 heteroatoms. The Hall–Kier alpha value is -2.41. The van der Waals surface area contributed by atoms with Crippen molar-refractivity contribution in [3.05, 3.63) is 41.4 Å². The van der Waals surface area contributed by atoms with Gasteiger partial charge in [0.2, 0.25) is 11.8 Å². The predicted octanol–water partition coefficient (Wildman–Crippen LogP) is 2.00. The van der Waals surface area contributed by atoms with Crippen LogP contribution in [-0.4, -0.2) is 61.0 Å². The zero-order chi connectivity index (χ0) is 22.1. The molecule has 2 amide bonds. The normalized spacial score (nSPS) is 16.3. The molecule has 0 aliphatic heterocycles. The molecule has 1 aromatic rings. The number of carbonyl (C=O) groups is 2. The molecule has 1 aromatic heterocycles. The number of pyridine rings is 1. The van der Waals surface area contributed by atoms with Gasteiger partial charge >= 0.3 is 0 Å². The van der Waals surface area contributed by atoms with Crippen molar-refractivity contribution in [3.8, 4) is 0 Å². The summed E-state index contributed by atoms with van der Waals surface area (Å²) in [5, 5.41) is 9.67. The van der Waals surface area contributed by atoms with Crippen LogP contribution in [-0.2, 0) is 16.0 Å².